The minimum Gasteiger partial charge on any atom is -0.317 e. The molecular formula is C18H22N2. The molecule has 0 amide bonds. The first kappa shape index (κ1) is 13.3. The Morgan fingerprint density at radius 3 is 2.55 bits per heavy atom. The molecule has 0 unspecified atom stereocenters. The molecule has 0 radical (unpaired) electrons. The van der Waals surface area contributed by atoms with Crippen LogP contribution in [-0.2, 0) is 6.42 Å². The van der Waals surface area contributed by atoms with E-state index in [4.69, 9.17) is 0 Å². The van der Waals surface area contributed by atoms with Crippen molar-refractivity contribution in [3.05, 3.63) is 65.0 Å². The van der Waals surface area contributed by atoms with Crippen molar-refractivity contribution in [1.82, 2.24) is 10.3 Å². The van der Waals surface area contributed by atoms with E-state index >= 15 is 0 Å². The fourth-order valence-corrected chi connectivity index (χ4v) is 2.89. The van der Waals surface area contributed by atoms with Gasteiger partial charge in [-0.1, -0.05) is 29.8 Å². The van der Waals surface area contributed by atoms with Crippen LogP contribution in [0.3, 0.4) is 0 Å². The maximum atomic E-state index is 4.59. The fraction of sp³-hybridized carbons (Fsp3) is 0.389. The lowest BCUT2D eigenvalue weighted by Crippen LogP contribution is -2.27. The second kappa shape index (κ2) is 6.19. The van der Waals surface area contributed by atoms with Gasteiger partial charge in [0.05, 0.1) is 0 Å². The smallest absolute Gasteiger partial charge is 0.0438 e. The van der Waals surface area contributed by atoms with Gasteiger partial charge in [-0.05, 0) is 62.5 Å². The molecule has 0 atom stereocenters. The zero-order chi connectivity index (χ0) is 13.8. The zero-order valence-corrected chi connectivity index (χ0v) is 12.1. The molecule has 2 heteroatoms. The molecule has 1 aliphatic rings. The number of nitrogens with zero attached hydrogens (tertiary/aromatic N) is 1. The van der Waals surface area contributed by atoms with Crippen molar-refractivity contribution < 1.29 is 0 Å². The second-order valence-electron chi connectivity index (χ2n) is 5.78. The molecule has 0 saturated carbocycles. The van der Waals surface area contributed by atoms with Gasteiger partial charge in [-0.2, -0.15) is 0 Å². The van der Waals surface area contributed by atoms with Crippen LogP contribution in [-0.4, -0.2) is 18.1 Å². The number of aryl methyl sites for hydroxylation is 1. The van der Waals surface area contributed by atoms with Gasteiger partial charge in [0.15, 0.2) is 0 Å². The van der Waals surface area contributed by atoms with Gasteiger partial charge in [0.25, 0.3) is 0 Å². The summed E-state index contributed by atoms with van der Waals surface area (Å²) in [5.74, 6) is 0.634. The van der Waals surface area contributed by atoms with E-state index in [0.717, 1.165) is 19.5 Å². The van der Waals surface area contributed by atoms with Gasteiger partial charge in [0.1, 0.15) is 0 Å². The Morgan fingerprint density at radius 1 is 1.05 bits per heavy atom. The van der Waals surface area contributed by atoms with E-state index < -0.39 is 0 Å². The van der Waals surface area contributed by atoms with Crippen LogP contribution in [0.2, 0.25) is 0 Å². The van der Waals surface area contributed by atoms with Gasteiger partial charge in [-0.3, -0.25) is 4.98 Å². The molecule has 2 aromatic rings. The summed E-state index contributed by atoms with van der Waals surface area (Å²) in [6.07, 6.45) is 5.39. The lowest BCUT2D eigenvalue weighted by atomic mass is 9.92. The van der Waals surface area contributed by atoms with Crippen molar-refractivity contribution >= 4 is 0 Å². The average molecular weight is 266 g/mol. The number of aromatic nitrogens is 1. The Morgan fingerprint density at radius 2 is 1.80 bits per heavy atom. The van der Waals surface area contributed by atoms with Crippen molar-refractivity contribution in [3.8, 4) is 0 Å². The van der Waals surface area contributed by atoms with Crippen LogP contribution >= 0.6 is 0 Å². The number of hydrogen-bond acceptors (Lipinski definition) is 2. The average Bonchev–Trinajstić information content (AvgIpc) is 2.51. The summed E-state index contributed by atoms with van der Waals surface area (Å²) in [7, 11) is 0. The Hall–Kier alpha value is -1.67. The highest BCUT2D eigenvalue weighted by Gasteiger charge is 2.16. The zero-order valence-electron chi connectivity index (χ0n) is 12.1. The predicted molar refractivity (Wildman–Crippen MR) is 83.1 cm³/mol. The maximum absolute atomic E-state index is 4.59. The fourth-order valence-electron chi connectivity index (χ4n) is 2.89. The van der Waals surface area contributed by atoms with Crippen LogP contribution in [0, 0.1) is 6.92 Å². The first-order valence-corrected chi connectivity index (χ1v) is 7.52. The van der Waals surface area contributed by atoms with Crippen molar-refractivity contribution in [3.63, 3.8) is 0 Å². The van der Waals surface area contributed by atoms with Crippen LogP contribution in [0.4, 0.5) is 0 Å². The van der Waals surface area contributed by atoms with Crippen LogP contribution < -0.4 is 5.32 Å². The van der Waals surface area contributed by atoms with E-state index in [1.54, 1.807) is 0 Å². The van der Waals surface area contributed by atoms with E-state index in [9.17, 15) is 0 Å². The molecule has 20 heavy (non-hydrogen) atoms. The second-order valence-corrected chi connectivity index (χ2v) is 5.78. The standard InChI is InChI=1S/C18H22N2/c1-14-2-4-15(5-3-14)12-16-6-11-20-18(13-16)17-7-9-19-10-8-17/h2-6,11,13,17,19H,7-10,12H2,1H3. The third-order valence-electron chi connectivity index (χ3n) is 4.13. The highest BCUT2D eigenvalue weighted by atomic mass is 14.9. The van der Waals surface area contributed by atoms with Crippen molar-refractivity contribution in [1.29, 1.82) is 0 Å². The number of pyridine rings is 1. The van der Waals surface area contributed by atoms with Gasteiger partial charge in [-0.15, -0.1) is 0 Å². The van der Waals surface area contributed by atoms with E-state index in [-0.39, 0.29) is 0 Å². The molecule has 1 aromatic heterocycles. The number of benzene rings is 1. The molecule has 1 aliphatic heterocycles. The molecule has 1 fully saturated rings. The third-order valence-corrected chi connectivity index (χ3v) is 4.13. The number of piperidine rings is 1. The molecular weight excluding hydrogens is 244 g/mol. The number of nitrogens with one attached hydrogen (secondary N) is 1. The van der Waals surface area contributed by atoms with Crippen molar-refractivity contribution in [2.24, 2.45) is 0 Å². The third kappa shape index (κ3) is 3.26. The quantitative estimate of drug-likeness (QED) is 0.920. The highest BCUT2D eigenvalue weighted by Crippen LogP contribution is 2.24. The summed E-state index contributed by atoms with van der Waals surface area (Å²) < 4.78 is 0. The minimum absolute atomic E-state index is 0.634. The van der Waals surface area contributed by atoms with Crippen LogP contribution in [0.15, 0.2) is 42.6 Å². The molecule has 3 rings (SSSR count). The van der Waals surface area contributed by atoms with Crippen LogP contribution in [0.1, 0.15) is 41.1 Å². The molecule has 1 saturated heterocycles. The molecule has 1 aromatic carbocycles. The first-order valence-electron chi connectivity index (χ1n) is 7.52. The summed E-state index contributed by atoms with van der Waals surface area (Å²) in [6.45, 7) is 4.37. The summed E-state index contributed by atoms with van der Waals surface area (Å²) in [4.78, 5) is 4.59. The summed E-state index contributed by atoms with van der Waals surface area (Å²) >= 11 is 0. The van der Waals surface area contributed by atoms with Gasteiger partial charge < -0.3 is 5.32 Å². The van der Waals surface area contributed by atoms with Crippen LogP contribution in [0.5, 0.6) is 0 Å². The minimum atomic E-state index is 0.634. The summed E-state index contributed by atoms with van der Waals surface area (Å²) in [5, 5.41) is 3.42. The van der Waals surface area contributed by atoms with Gasteiger partial charge in [0, 0.05) is 17.8 Å². The maximum Gasteiger partial charge on any atom is 0.0438 e. The summed E-state index contributed by atoms with van der Waals surface area (Å²) in [5.41, 5.74) is 5.34. The summed E-state index contributed by atoms with van der Waals surface area (Å²) in [6, 6.07) is 13.3. The van der Waals surface area contributed by atoms with E-state index in [0.29, 0.717) is 5.92 Å². The Kier molecular flexibility index (Phi) is 4.12. The normalized spacial score (nSPS) is 16.2. The SMILES string of the molecule is Cc1ccc(Cc2ccnc(C3CCNCC3)c2)cc1. The van der Waals surface area contributed by atoms with Crippen molar-refractivity contribution in [2.45, 2.75) is 32.1 Å². The van der Waals surface area contributed by atoms with Gasteiger partial charge >= 0.3 is 0 Å². The van der Waals surface area contributed by atoms with Crippen LogP contribution in [0.25, 0.3) is 0 Å². The first-order chi connectivity index (χ1) is 9.81. The van der Waals surface area contributed by atoms with E-state index in [1.165, 1.54) is 35.2 Å². The molecule has 104 valence electrons. The molecule has 2 nitrogen and oxygen atoms in total. The predicted octanol–water partition coefficient (Wildman–Crippen LogP) is 3.45. The van der Waals surface area contributed by atoms with Gasteiger partial charge in [0.2, 0.25) is 0 Å². The molecule has 0 aliphatic carbocycles. The van der Waals surface area contributed by atoms with E-state index in [1.807, 2.05) is 6.20 Å². The monoisotopic (exact) mass is 266 g/mol. The Balaban J connectivity index is 1.75. The molecule has 1 N–H and O–H groups in total. The molecule has 0 spiro atoms. The van der Waals surface area contributed by atoms with Crippen molar-refractivity contribution in [2.75, 3.05) is 13.1 Å². The lowest BCUT2D eigenvalue weighted by molar-refractivity contribution is 0.453. The number of rotatable bonds is 3. The largest absolute Gasteiger partial charge is 0.317 e. The highest BCUT2D eigenvalue weighted by molar-refractivity contribution is 5.29. The van der Waals surface area contributed by atoms with Gasteiger partial charge in [-0.25, -0.2) is 0 Å². The molecule has 2 heterocycles. The Labute approximate surface area is 121 Å². The Bertz CT molecular complexity index is 554. The molecule has 0 bridgehead atoms. The topological polar surface area (TPSA) is 24.9 Å². The van der Waals surface area contributed by atoms with E-state index in [2.05, 4.69) is 53.6 Å². The lowest BCUT2D eigenvalue weighted by Gasteiger charge is -2.22. The number of hydrogen-bond donors (Lipinski definition) is 1.